The minimum atomic E-state index is -1.03. The van der Waals surface area contributed by atoms with Crippen molar-refractivity contribution in [1.82, 2.24) is 0 Å². The van der Waals surface area contributed by atoms with Crippen molar-refractivity contribution in [3.63, 3.8) is 0 Å². The fourth-order valence-electron chi connectivity index (χ4n) is 1.60. The molecule has 6 heteroatoms. The number of amides is 1. The molecule has 2 rings (SSSR count). The summed E-state index contributed by atoms with van der Waals surface area (Å²) in [5, 5.41) is 4.26. The molecule has 0 unspecified atom stereocenters. The molecule has 1 N–H and O–H groups in total. The van der Waals surface area contributed by atoms with E-state index in [0.29, 0.717) is 0 Å². The molecule has 1 aromatic carbocycles. The lowest BCUT2D eigenvalue weighted by molar-refractivity contribution is -0.148. The number of thiophene rings is 1. The van der Waals surface area contributed by atoms with E-state index >= 15 is 0 Å². The van der Waals surface area contributed by atoms with Gasteiger partial charge < -0.3 is 10.1 Å². The van der Waals surface area contributed by atoms with Crippen LogP contribution in [0.2, 0.25) is 0 Å². The van der Waals surface area contributed by atoms with Crippen LogP contribution in [0.5, 0.6) is 0 Å². The summed E-state index contributed by atoms with van der Waals surface area (Å²) in [6.07, 6.45) is 1.83. The monoisotopic (exact) mass is 319 g/mol. The third kappa shape index (κ3) is 4.53. The minimum Gasteiger partial charge on any atom is -0.449 e. The topological polar surface area (TPSA) is 55.4 Å². The van der Waals surface area contributed by atoms with E-state index in [0.717, 1.165) is 4.88 Å². The summed E-state index contributed by atoms with van der Waals surface area (Å²) in [6.45, 7) is 1.42. The summed E-state index contributed by atoms with van der Waals surface area (Å²) in [5.74, 6) is -1.78. The Balaban J connectivity index is 1.88. The van der Waals surface area contributed by atoms with Crippen LogP contribution >= 0.6 is 11.3 Å². The van der Waals surface area contributed by atoms with Gasteiger partial charge in [-0.2, -0.15) is 0 Å². The molecule has 0 fully saturated rings. The Morgan fingerprint density at radius 1 is 1.27 bits per heavy atom. The number of hydrogen-bond donors (Lipinski definition) is 1. The van der Waals surface area contributed by atoms with Crippen molar-refractivity contribution in [1.29, 1.82) is 0 Å². The predicted molar refractivity (Wildman–Crippen MR) is 83.9 cm³/mol. The van der Waals surface area contributed by atoms with Crippen LogP contribution in [-0.4, -0.2) is 18.0 Å². The highest BCUT2D eigenvalue weighted by Gasteiger charge is 2.17. The Morgan fingerprint density at radius 3 is 2.73 bits per heavy atom. The molecule has 22 heavy (non-hydrogen) atoms. The Labute approximate surface area is 131 Å². The summed E-state index contributed by atoms with van der Waals surface area (Å²) >= 11 is 1.48. The molecule has 2 aromatic rings. The summed E-state index contributed by atoms with van der Waals surface area (Å²) < 4.78 is 18.4. The van der Waals surface area contributed by atoms with Gasteiger partial charge >= 0.3 is 5.97 Å². The molecule has 4 nitrogen and oxygen atoms in total. The Hall–Kier alpha value is -2.47. The number of para-hydroxylation sites is 1. The third-order valence-electron chi connectivity index (χ3n) is 2.72. The lowest BCUT2D eigenvalue weighted by Crippen LogP contribution is -2.29. The molecule has 0 aliphatic carbocycles. The lowest BCUT2D eigenvalue weighted by Gasteiger charge is -2.12. The molecule has 0 saturated heterocycles. The van der Waals surface area contributed by atoms with Crippen molar-refractivity contribution in [2.24, 2.45) is 0 Å². The summed E-state index contributed by atoms with van der Waals surface area (Å²) in [4.78, 5) is 24.4. The van der Waals surface area contributed by atoms with Crippen LogP contribution in [0.3, 0.4) is 0 Å². The fraction of sp³-hybridized carbons (Fsp3) is 0.125. The summed E-state index contributed by atoms with van der Waals surface area (Å²) in [7, 11) is 0. The van der Waals surface area contributed by atoms with Gasteiger partial charge in [-0.05, 0) is 36.6 Å². The highest BCUT2D eigenvalue weighted by Crippen LogP contribution is 2.13. The number of rotatable bonds is 5. The van der Waals surface area contributed by atoms with Crippen LogP contribution in [0, 0.1) is 5.82 Å². The van der Waals surface area contributed by atoms with Crippen molar-refractivity contribution in [2.45, 2.75) is 13.0 Å². The predicted octanol–water partition coefficient (Wildman–Crippen LogP) is 3.47. The van der Waals surface area contributed by atoms with Crippen LogP contribution in [-0.2, 0) is 14.3 Å². The van der Waals surface area contributed by atoms with Crippen LogP contribution in [0.15, 0.2) is 47.9 Å². The van der Waals surface area contributed by atoms with Crippen LogP contribution in [0.25, 0.3) is 6.08 Å². The second kappa shape index (κ2) is 7.51. The van der Waals surface area contributed by atoms with E-state index in [1.54, 1.807) is 12.1 Å². The lowest BCUT2D eigenvalue weighted by atomic mass is 10.3. The van der Waals surface area contributed by atoms with Crippen molar-refractivity contribution >= 4 is 35.0 Å². The molecular weight excluding hydrogens is 305 g/mol. The average Bonchev–Trinajstić information content (AvgIpc) is 3.00. The Bertz CT molecular complexity index is 682. The Morgan fingerprint density at radius 2 is 2.05 bits per heavy atom. The first-order valence-electron chi connectivity index (χ1n) is 6.54. The normalized spacial score (nSPS) is 12.1. The molecule has 1 amide bonds. The minimum absolute atomic E-state index is 0.0459. The number of carbonyl (C=O) groups excluding carboxylic acids is 2. The zero-order chi connectivity index (χ0) is 15.9. The highest BCUT2D eigenvalue weighted by atomic mass is 32.1. The van der Waals surface area contributed by atoms with Gasteiger partial charge in [-0.15, -0.1) is 11.3 Å². The van der Waals surface area contributed by atoms with Crippen molar-refractivity contribution in [2.75, 3.05) is 5.32 Å². The fourth-order valence-corrected chi connectivity index (χ4v) is 2.22. The largest absolute Gasteiger partial charge is 0.449 e. The van der Waals surface area contributed by atoms with E-state index < -0.39 is 23.8 Å². The zero-order valence-electron chi connectivity index (χ0n) is 11.8. The van der Waals surface area contributed by atoms with Gasteiger partial charge in [0.2, 0.25) is 0 Å². The van der Waals surface area contributed by atoms with Gasteiger partial charge in [-0.1, -0.05) is 18.2 Å². The molecular formula is C16H14FNO3S. The first kappa shape index (κ1) is 15.9. The van der Waals surface area contributed by atoms with Crippen molar-refractivity contribution < 1.29 is 18.7 Å². The van der Waals surface area contributed by atoms with Gasteiger partial charge in [-0.3, -0.25) is 4.79 Å². The van der Waals surface area contributed by atoms with E-state index in [1.165, 1.54) is 42.5 Å². The number of anilines is 1. The van der Waals surface area contributed by atoms with Gasteiger partial charge in [0.1, 0.15) is 5.82 Å². The van der Waals surface area contributed by atoms with Crippen LogP contribution in [0.4, 0.5) is 10.1 Å². The third-order valence-corrected chi connectivity index (χ3v) is 3.56. The molecule has 0 saturated carbocycles. The molecule has 0 aliphatic heterocycles. The van der Waals surface area contributed by atoms with Gasteiger partial charge in [-0.25, -0.2) is 9.18 Å². The molecule has 114 valence electrons. The van der Waals surface area contributed by atoms with E-state index in [2.05, 4.69) is 5.32 Å². The summed E-state index contributed by atoms with van der Waals surface area (Å²) in [6, 6.07) is 9.49. The van der Waals surface area contributed by atoms with E-state index in [1.807, 2.05) is 17.5 Å². The molecule has 0 bridgehead atoms. The van der Waals surface area contributed by atoms with E-state index in [9.17, 15) is 14.0 Å². The average molecular weight is 319 g/mol. The molecule has 1 heterocycles. The van der Waals surface area contributed by atoms with Gasteiger partial charge in [0, 0.05) is 11.0 Å². The number of benzene rings is 1. The maximum absolute atomic E-state index is 13.4. The van der Waals surface area contributed by atoms with E-state index in [-0.39, 0.29) is 5.69 Å². The van der Waals surface area contributed by atoms with Gasteiger partial charge in [0.15, 0.2) is 6.10 Å². The number of ether oxygens (including phenoxy) is 1. The van der Waals surface area contributed by atoms with Gasteiger partial charge in [0.05, 0.1) is 5.69 Å². The van der Waals surface area contributed by atoms with E-state index in [4.69, 9.17) is 4.74 Å². The first-order valence-corrected chi connectivity index (χ1v) is 7.42. The molecule has 0 radical (unpaired) electrons. The standard InChI is InChI=1S/C16H14FNO3S/c1-11(16(20)18-14-7-3-2-6-13(14)17)21-15(19)9-8-12-5-4-10-22-12/h2-11H,1H3,(H,18,20)/b9-8+/t11-/m0/s1. The second-order valence-corrected chi connectivity index (χ2v) is 5.38. The molecule has 1 aromatic heterocycles. The number of hydrogen-bond acceptors (Lipinski definition) is 4. The molecule has 0 spiro atoms. The second-order valence-electron chi connectivity index (χ2n) is 4.40. The molecule has 1 atom stereocenters. The zero-order valence-corrected chi connectivity index (χ0v) is 12.6. The number of esters is 1. The van der Waals surface area contributed by atoms with Crippen molar-refractivity contribution in [3.05, 3.63) is 58.5 Å². The quantitative estimate of drug-likeness (QED) is 0.678. The SMILES string of the molecule is C[C@H](OC(=O)/C=C/c1cccs1)C(=O)Nc1ccccc1F. The smallest absolute Gasteiger partial charge is 0.331 e. The number of halogens is 1. The van der Waals surface area contributed by atoms with Crippen molar-refractivity contribution in [3.8, 4) is 0 Å². The first-order chi connectivity index (χ1) is 10.6. The van der Waals surface area contributed by atoms with Crippen LogP contribution < -0.4 is 5.32 Å². The Kier molecular flexibility index (Phi) is 5.43. The number of carbonyl (C=O) groups is 2. The maximum Gasteiger partial charge on any atom is 0.331 e. The van der Waals surface area contributed by atoms with Crippen LogP contribution in [0.1, 0.15) is 11.8 Å². The summed E-state index contributed by atoms with van der Waals surface area (Å²) in [5.41, 5.74) is 0.0459. The highest BCUT2D eigenvalue weighted by molar-refractivity contribution is 7.10. The number of nitrogens with one attached hydrogen (secondary N) is 1. The molecule has 0 aliphatic rings. The maximum atomic E-state index is 13.4. The van der Waals surface area contributed by atoms with Gasteiger partial charge in [0.25, 0.3) is 5.91 Å².